The number of nitrogens with one attached hydrogen (secondary N) is 1. The van der Waals surface area contributed by atoms with Crippen LogP contribution in [-0.4, -0.2) is 37.0 Å². The summed E-state index contributed by atoms with van der Waals surface area (Å²) in [5, 5.41) is 11.1. The summed E-state index contributed by atoms with van der Waals surface area (Å²) < 4.78 is 3.49. The molecule has 0 aliphatic rings. The molecule has 7 heteroatoms. The fourth-order valence-corrected chi connectivity index (χ4v) is 1.68. The summed E-state index contributed by atoms with van der Waals surface area (Å²) in [5.41, 5.74) is 1.12. The van der Waals surface area contributed by atoms with E-state index in [-0.39, 0.29) is 11.9 Å². The van der Waals surface area contributed by atoms with Crippen LogP contribution in [0, 0.1) is 6.92 Å². The highest BCUT2D eigenvalue weighted by molar-refractivity contribution is 5.75. The van der Waals surface area contributed by atoms with Crippen LogP contribution in [0.25, 0.3) is 0 Å². The van der Waals surface area contributed by atoms with Crippen LogP contribution in [0.15, 0.2) is 25.0 Å². The molecule has 0 bridgehead atoms. The predicted molar refractivity (Wildman–Crippen MR) is 69.3 cm³/mol. The number of aromatic nitrogens is 5. The molecule has 0 saturated heterocycles. The predicted octanol–water partition coefficient (Wildman–Crippen LogP) is 0.551. The molecule has 0 aliphatic heterocycles. The molecule has 0 radical (unpaired) electrons. The molecule has 1 amide bonds. The molecule has 7 nitrogen and oxygen atoms in total. The maximum Gasteiger partial charge on any atom is 0.221 e. The van der Waals surface area contributed by atoms with Crippen molar-refractivity contribution >= 4 is 5.91 Å². The first-order valence-corrected chi connectivity index (χ1v) is 6.25. The van der Waals surface area contributed by atoms with Gasteiger partial charge in [-0.25, -0.2) is 4.98 Å². The first-order chi connectivity index (χ1) is 9.15. The lowest BCUT2D eigenvalue weighted by atomic mass is 10.3. The Morgan fingerprint density at radius 3 is 2.95 bits per heavy atom. The summed E-state index contributed by atoms with van der Waals surface area (Å²) in [6, 6.07) is 0.143. The summed E-state index contributed by atoms with van der Waals surface area (Å²) in [5.74, 6) is 0.00577. The van der Waals surface area contributed by atoms with E-state index in [0.717, 1.165) is 5.56 Å². The van der Waals surface area contributed by atoms with E-state index in [2.05, 4.69) is 20.5 Å². The van der Waals surface area contributed by atoms with E-state index >= 15 is 0 Å². The van der Waals surface area contributed by atoms with E-state index in [1.165, 1.54) is 6.33 Å². The van der Waals surface area contributed by atoms with E-state index in [1.54, 1.807) is 11.0 Å². The quantitative estimate of drug-likeness (QED) is 0.824. The first kappa shape index (κ1) is 13.3. The van der Waals surface area contributed by atoms with Gasteiger partial charge in [0.05, 0.1) is 18.8 Å². The molecule has 102 valence electrons. The second kappa shape index (κ2) is 6.12. The standard InChI is InChI=1S/C12H18N6O/c1-10-5-15-18(7-10)11(2)6-14-12(19)3-4-17-9-13-8-16-17/h5,7-9,11H,3-4,6H2,1-2H3,(H,14,19)/t11-/m0/s1. The Morgan fingerprint density at radius 2 is 2.32 bits per heavy atom. The van der Waals surface area contributed by atoms with E-state index < -0.39 is 0 Å². The fraction of sp³-hybridized carbons (Fsp3) is 0.500. The Morgan fingerprint density at radius 1 is 1.47 bits per heavy atom. The highest BCUT2D eigenvalue weighted by atomic mass is 16.1. The third-order valence-corrected chi connectivity index (χ3v) is 2.81. The van der Waals surface area contributed by atoms with Gasteiger partial charge in [-0.1, -0.05) is 0 Å². The lowest BCUT2D eigenvalue weighted by Crippen LogP contribution is -2.30. The van der Waals surface area contributed by atoms with Gasteiger partial charge in [0, 0.05) is 19.2 Å². The number of carbonyl (C=O) groups excluding carboxylic acids is 1. The van der Waals surface area contributed by atoms with Gasteiger partial charge in [-0.05, 0) is 19.4 Å². The normalized spacial score (nSPS) is 12.3. The van der Waals surface area contributed by atoms with Gasteiger partial charge >= 0.3 is 0 Å². The van der Waals surface area contributed by atoms with Gasteiger partial charge in [0.2, 0.25) is 5.91 Å². The molecule has 0 aromatic carbocycles. The van der Waals surface area contributed by atoms with Crippen molar-refractivity contribution in [1.29, 1.82) is 0 Å². The van der Waals surface area contributed by atoms with Crippen LogP contribution in [-0.2, 0) is 11.3 Å². The molecule has 0 fully saturated rings. The first-order valence-electron chi connectivity index (χ1n) is 6.25. The van der Waals surface area contributed by atoms with Crippen molar-refractivity contribution < 1.29 is 4.79 Å². The molecule has 1 N–H and O–H groups in total. The number of nitrogens with zero attached hydrogens (tertiary/aromatic N) is 5. The van der Waals surface area contributed by atoms with E-state index in [0.29, 0.717) is 19.5 Å². The largest absolute Gasteiger partial charge is 0.354 e. The molecule has 2 heterocycles. The minimum absolute atomic E-state index is 0.00577. The molecule has 0 saturated carbocycles. The summed E-state index contributed by atoms with van der Waals surface area (Å²) >= 11 is 0. The molecule has 0 spiro atoms. The average Bonchev–Trinajstić information content (AvgIpc) is 3.04. The average molecular weight is 262 g/mol. The lowest BCUT2D eigenvalue weighted by molar-refractivity contribution is -0.121. The molecule has 0 unspecified atom stereocenters. The van der Waals surface area contributed by atoms with Crippen LogP contribution in [0.3, 0.4) is 0 Å². The molecule has 2 rings (SSSR count). The van der Waals surface area contributed by atoms with Gasteiger partial charge in [-0.3, -0.25) is 14.2 Å². The van der Waals surface area contributed by atoms with Crippen LogP contribution in [0.2, 0.25) is 0 Å². The highest BCUT2D eigenvalue weighted by Gasteiger charge is 2.08. The van der Waals surface area contributed by atoms with Crippen LogP contribution in [0.5, 0.6) is 0 Å². The number of hydrogen-bond acceptors (Lipinski definition) is 4. The molecular weight excluding hydrogens is 244 g/mol. The third kappa shape index (κ3) is 3.90. The summed E-state index contributed by atoms with van der Waals surface area (Å²) in [6.07, 6.45) is 7.23. The topological polar surface area (TPSA) is 77.6 Å². The highest BCUT2D eigenvalue weighted by Crippen LogP contribution is 2.04. The molecule has 1 atom stereocenters. The van der Waals surface area contributed by atoms with Gasteiger partial charge in [0.1, 0.15) is 12.7 Å². The Hall–Kier alpha value is -2.18. The van der Waals surface area contributed by atoms with Gasteiger partial charge < -0.3 is 5.32 Å². The summed E-state index contributed by atoms with van der Waals surface area (Å²) in [7, 11) is 0. The Kier molecular flexibility index (Phi) is 4.27. The van der Waals surface area contributed by atoms with Crippen molar-refractivity contribution in [2.24, 2.45) is 0 Å². The van der Waals surface area contributed by atoms with Crippen molar-refractivity contribution in [3.63, 3.8) is 0 Å². The fourth-order valence-electron chi connectivity index (χ4n) is 1.68. The SMILES string of the molecule is Cc1cnn([C@@H](C)CNC(=O)CCn2cncn2)c1. The van der Waals surface area contributed by atoms with Crippen molar-refractivity contribution in [1.82, 2.24) is 29.9 Å². The van der Waals surface area contributed by atoms with Crippen LogP contribution in [0.4, 0.5) is 0 Å². The van der Waals surface area contributed by atoms with Gasteiger partial charge in [0.25, 0.3) is 0 Å². The molecule has 2 aromatic heterocycles. The molecular formula is C12H18N6O. The number of carbonyl (C=O) groups is 1. The van der Waals surface area contributed by atoms with Crippen LogP contribution >= 0.6 is 0 Å². The number of hydrogen-bond donors (Lipinski definition) is 1. The van der Waals surface area contributed by atoms with Crippen molar-refractivity contribution in [3.8, 4) is 0 Å². The molecule has 0 aliphatic carbocycles. The van der Waals surface area contributed by atoms with E-state index in [1.807, 2.05) is 30.9 Å². The Balaban J connectivity index is 1.71. The maximum absolute atomic E-state index is 11.7. The van der Waals surface area contributed by atoms with Gasteiger partial charge in [-0.2, -0.15) is 10.2 Å². The number of rotatable bonds is 6. The van der Waals surface area contributed by atoms with Crippen molar-refractivity contribution in [3.05, 3.63) is 30.6 Å². The maximum atomic E-state index is 11.7. The zero-order valence-electron chi connectivity index (χ0n) is 11.2. The third-order valence-electron chi connectivity index (χ3n) is 2.81. The van der Waals surface area contributed by atoms with Crippen LogP contribution < -0.4 is 5.32 Å². The van der Waals surface area contributed by atoms with E-state index in [4.69, 9.17) is 0 Å². The van der Waals surface area contributed by atoms with Gasteiger partial charge in [0.15, 0.2) is 0 Å². The van der Waals surface area contributed by atoms with Crippen molar-refractivity contribution in [2.75, 3.05) is 6.54 Å². The second-order valence-electron chi connectivity index (χ2n) is 4.56. The monoisotopic (exact) mass is 262 g/mol. The minimum Gasteiger partial charge on any atom is -0.354 e. The second-order valence-corrected chi connectivity index (χ2v) is 4.56. The van der Waals surface area contributed by atoms with Gasteiger partial charge in [-0.15, -0.1) is 0 Å². The molecule has 2 aromatic rings. The summed E-state index contributed by atoms with van der Waals surface area (Å²) in [4.78, 5) is 15.5. The van der Waals surface area contributed by atoms with E-state index in [9.17, 15) is 4.79 Å². The summed E-state index contributed by atoms with van der Waals surface area (Å²) in [6.45, 7) is 5.12. The van der Waals surface area contributed by atoms with Crippen molar-refractivity contribution in [2.45, 2.75) is 32.9 Å². The zero-order valence-corrected chi connectivity index (χ0v) is 11.2. The zero-order chi connectivity index (χ0) is 13.7. The lowest BCUT2D eigenvalue weighted by Gasteiger charge is -2.13. The Labute approximate surface area is 111 Å². The number of aryl methyl sites for hydroxylation is 2. The van der Waals surface area contributed by atoms with Crippen LogP contribution in [0.1, 0.15) is 24.9 Å². The number of amides is 1. The smallest absolute Gasteiger partial charge is 0.221 e. The Bertz CT molecular complexity index is 518. The molecule has 19 heavy (non-hydrogen) atoms. The minimum atomic E-state index is 0.00577.